The summed E-state index contributed by atoms with van der Waals surface area (Å²) in [5.41, 5.74) is 4.52. The fraction of sp³-hybridized carbons (Fsp3) is 0.174. The van der Waals surface area contributed by atoms with E-state index in [1.54, 1.807) is 22.9 Å². The fourth-order valence-electron chi connectivity index (χ4n) is 4.16. The molecule has 2 aromatic heterocycles. The summed E-state index contributed by atoms with van der Waals surface area (Å²) >= 11 is 0. The molecule has 4 aromatic rings. The van der Waals surface area contributed by atoms with E-state index < -0.39 is 11.2 Å². The maximum Gasteiger partial charge on any atom is 0.255 e. The van der Waals surface area contributed by atoms with Gasteiger partial charge in [-0.2, -0.15) is 5.10 Å². The van der Waals surface area contributed by atoms with Crippen molar-refractivity contribution in [3.8, 4) is 11.1 Å². The quantitative estimate of drug-likeness (QED) is 0.492. The average molecular weight is 406 g/mol. The van der Waals surface area contributed by atoms with Crippen molar-refractivity contribution in [1.82, 2.24) is 19.7 Å². The van der Waals surface area contributed by atoms with Crippen molar-refractivity contribution in [2.24, 2.45) is 7.05 Å². The second kappa shape index (κ2) is 6.80. The molecule has 0 bridgehead atoms. The largest absolute Gasteiger partial charge is 0.340 e. The normalized spacial score (nSPS) is 14.9. The van der Waals surface area contributed by atoms with Gasteiger partial charge in [-0.05, 0) is 53.9 Å². The zero-order valence-corrected chi connectivity index (χ0v) is 17.1. The maximum atomic E-state index is 15.1. The van der Waals surface area contributed by atoms with Gasteiger partial charge in [0, 0.05) is 42.3 Å². The topological polar surface area (TPSA) is 51.0 Å². The molecule has 3 heterocycles. The van der Waals surface area contributed by atoms with Crippen LogP contribution >= 0.6 is 0 Å². The standard InChI is InChI=1S/C23H17B2FN4O/c1-13-8-16(9-17-11-29(2)28-20(13)17)14-5-6-15(19(26)10-14)12-30-22(31)18-4-3-7-27-21(18)23(30,24)25/h3-11H,12H2,1-2H3. The van der Waals surface area contributed by atoms with Crippen LogP contribution in [0.2, 0.25) is 0 Å². The molecule has 0 saturated heterocycles. The number of pyridine rings is 1. The highest BCUT2D eigenvalue weighted by molar-refractivity contribution is 6.42. The van der Waals surface area contributed by atoms with Crippen LogP contribution in [0.15, 0.2) is 54.9 Å². The van der Waals surface area contributed by atoms with E-state index in [9.17, 15) is 4.79 Å². The Morgan fingerprint density at radius 2 is 1.94 bits per heavy atom. The van der Waals surface area contributed by atoms with Crippen molar-refractivity contribution < 1.29 is 9.18 Å². The zero-order chi connectivity index (χ0) is 21.9. The summed E-state index contributed by atoms with van der Waals surface area (Å²) in [5, 5.41) is 3.85. The molecular formula is C23H17B2FN4O. The Morgan fingerprint density at radius 1 is 1.13 bits per heavy atom. The summed E-state index contributed by atoms with van der Waals surface area (Å²) in [5.74, 6) is -0.803. The van der Waals surface area contributed by atoms with Crippen molar-refractivity contribution in [2.75, 3.05) is 0 Å². The SMILES string of the molecule is [B]C1([B])c2ncccc2C(=O)N1Cc1ccc(-c2cc(C)c3nn(C)cc3c2)cc1F. The zero-order valence-electron chi connectivity index (χ0n) is 17.1. The van der Waals surface area contributed by atoms with Gasteiger partial charge >= 0.3 is 0 Å². The van der Waals surface area contributed by atoms with E-state index in [-0.39, 0.29) is 18.1 Å². The Bertz CT molecular complexity index is 1370. The minimum atomic E-state index is -1.60. The first-order chi connectivity index (χ1) is 14.8. The Kier molecular flexibility index (Phi) is 4.29. The molecule has 1 aliphatic rings. The first kappa shape index (κ1) is 19.5. The maximum absolute atomic E-state index is 15.1. The van der Waals surface area contributed by atoms with Crippen molar-refractivity contribution in [2.45, 2.75) is 18.8 Å². The molecule has 0 N–H and O–H groups in total. The number of rotatable bonds is 3. The van der Waals surface area contributed by atoms with E-state index in [2.05, 4.69) is 10.1 Å². The summed E-state index contributed by atoms with van der Waals surface area (Å²) < 4.78 is 16.8. The highest BCUT2D eigenvalue weighted by Crippen LogP contribution is 2.35. The second-order valence-corrected chi connectivity index (χ2v) is 7.96. The Balaban J connectivity index is 1.48. The summed E-state index contributed by atoms with van der Waals surface area (Å²) in [6.45, 7) is 1.92. The molecule has 0 aliphatic carbocycles. The molecular weight excluding hydrogens is 389 g/mol. The van der Waals surface area contributed by atoms with E-state index in [4.69, 9.17) is 15.7 Å². The van der Waals surface area contributed by atoms with Gasteiger partial charge in [-0.25, -0.2) is 4.39 Å². The van der Waals surface area contributed by atoms with Crippen LogP contribution in [0.25, 0.3) is 22.0 Å². The van der Waals surface area contributed by atoms with Crippen LogP contribution in [0.5, 0.6) is 0 Å². The van der Waals surface area contributed by atoms with Gasteiger partial charge in [0.25, 0.3) is 5.91 Å². The van der Waals surface area contributed by atoms with Crippen LogP contribution in [0.1, 0.15) is 27.2 Å². The van der Waals surface area contributed by atoms with Crippen molar-refractivity contribution in [3.63, 3.8) is 0 Å². The van der Waals surface area contributed by atoms with E-state index in [1.165, 1.54) is 17.2 Å². The van der Waals surface area contributed by atoms with Gasteiger partial charge in [0.05, 0.1) is 32.5 Å². The van der Waals surface area contributed by atoms with Crippen molar-refractivity contribution in [1.29, 1.82) is 0 Å². The molecule has 5 rings (SSSR count). The van der Waals surface area contributed by atoms with Gasteiger partial charge in [-0.1, -0.05) is 12.1 Å². The predicted molar refractivity (Wildman–Crippen MR) is 118 cm³/mol. The minimum Gasteiger partial charge on any atom is -0.340 e. The van der Waals surface area contributed by atoms with Crippen LogP contribution in [0, 0.1) is 12.7 Å². The molecule has 4 radical (unpaired) electrons. The Hall–Kier alpha value is -3.41. The Morgan fingerprint density at radius 3 is 2.68 bits per heavy atom. The number of carbonyl (C=O) groups excluding carboxylic acids is 1. The molecule has 1 amide bonds. The molecule has 0 fully saturated rings. The van der Waals surface area contributed by atoms with Crippen LogP contribution in [-0.4, -0.2) is 41.3 Å². The average Bonchev–Trinajstić information content (AvgIpc) is 3.20. The van der Waals surface area contributed by atoms with Crippen LogP contribution in [0.4, 0.5) is 4.39 Å². The molecule has 5 nitrogen and oxygen atoms in total. The number of benzene rings is 2. The van der Waals surface area contributed by atoms with Crippen LogP contribution in [-0.2, 0) is 18.9 Å². The molecule has 0 unspecified atom stereocenters. The lowest BCUT2D eigenvalue weighted by Crippen LogP contribution is -2.44. The lowest BCUT2D eigenvalue weighted by molar-refractivity contribution is 0.0729. The number of aromatic nitrogens is 3. The summed E-state index contributed by atoms with van der Waals surface area (Å²) in [4.78, 5) is 18.2. The van der Waals surface area contributed by atoms with E-state index in [1.807, 2.05) is 38.4 Å². The predicted octanol–water partition coefficient (Wildman–Crippen LogP) is 3.19. The fourth-order valence-corrected chi connectivity index (χ4v) is 4.16. The molecule has 0 atom stereocenters. The molecule has 2 aromatic carbocycles. The molecule has 31 heavy (non-hydrogen) atoms. The van der Waals surface area contributed by atoms with Crippen molar-refractivity contribution in [3.05, 3.63) is 83.1 Å². The number of nitrogens with zero attached hydrogens (tertiary/aromatic N) is 4. The summed E-state index contributed by atoms with van der Waals surface area (Å²) in [6.07, 6.45) is 3.46. The first-order valence-corrected chi connectivity index (χ1v) is 9.84. The van der Waals surface area contributed by atoms with E-state index in [0.717, 1.165) is 27.6 Å². The lowest BCUT2D eigenvalue weighted by atomic mass is 9.59. The van der Waals surface area contributed by atoms with Crippen LogP contribution in [0.3, 0.4) is 0 Å². The third-order valence-corrected chi connectivity index (χ3v) is 5.74. The number of fused-ring (bicyclic) bond motifs is 2. The monoisotopic (exact) mass is 406 g/mol. The highest BCUT2D eigenvalue weighted by Gasteiger charge is 2.43. The number of aryl methyl sites for hydroxylation is 2. The van der Waals surface area contributed by atoms with Gasteiger partial charge < -0.3 is 4.90 Å². The number of amides is 1. The first-order valence-electron chi connectivity index (χ1n) is 9.84. The number of halogens is 1. The van der Waals surface area contributed by atoms with E-state index in [0.29, 0.717) is 11.1 Å². The van der Waals surface area contributed by atoms with Crippen LogP contribution < -0.4 is 0 Å². The number of hydrogen-bond donors (Lipinski definition) is 0. The van der Waals surface area contributed by atoms with Gasteiger partial charge in [-0.3, -0.25) is 14.5 Å². The molecule has 148 valence electrons. The third kappa shape index (κ3) is 3.05. The molecule has 1 aliphatic heterocycles. The number of carbonyl (C=O) groups is 1. The Labute approximate surface area is 181 Å². The molecule has 0 saturated carbocycles. The highest BCUT2D eigenvalue weighted by atomic mass is 19.1. The van der Waals surface area contributed by atoms with Gasteiger partial charge in [0.1, 0.15) is 5.82 Å². The molecule has 0 spiro atoms. The second-order valence-electron chi connectivity index (χ2n) is 7.96. The van der Waals surface area contributed by atoms with Gasteiger partial charge in [0.2, 0.25) is 0 Å². The summed E-state index contributed by atoms with van der Waals surface area (Å²) in [7, 11) is 14.3. The van der Waals surface area contributed by atoms with Crippen molar-refractivity contribution >= 4 is 32.5 Å². The lowest BCUT2D eigenvalue weighted by Gasteiger charge is -2.33. The third-order valence-electron chi connectivity index (χ3n) is 5.74. The smallest absolute Gasteiger partial charge is 0.255 e. The van der Waals surface area contributed by atoms with E-state index >= 15 is 4.39 Å². The molecule has 8 heteroatoms. The van der Waals surface area contributed by atoms with Gasteiger partial charge in [0.15, 0.2) is 0 Å². The number of hydrogen-bond acceptors (Lipinski definition) is 3. The minimum absolute atomic E-state index is 0.0605. The van der Waals surface area contributed by atoms with Gasteiger partial charge in [-0.15, -0.1) is 0 Å². The summed E-state index contributed by atoms with van der Waals surface area (Å²) in [6, 6.07) is 12.2.